The van der Waals surface area contributed by atoms with E-state index in [1.165, 1.54) is 0 Å². The minimum atomic E-state index is -0.341. The average Bonchev–Trinajstić information content (AvgIpc) is 2.45. The first kappa shape index (κ1) is 15.2. The molecule has 0 saturated heterocycles. The third-order valence-corrected chi connectivity index (χ3v) is 2.71. The summed E-state index contributed by atoms with van der Waals surface area (Å²) in [6.07, 6.45) is 1.69. The third-order valence-electron chi connectivity index (χ3n) is 2.71. The van der Waals surface area contributed by atoms with Crippen molar-refractivity contribution in [2.45, 2.75) is 12.8 Å². The molecular weight excluding hydrogens is 240 g/mol. The topological polar surface area (TPSA) is 35.5 Å². The van der Waals surface area contributed by atoms with Crippen molar-refractivity contribution in [2.75, 3.05) is 20.3 Å². The molecule has 0 fully saturated rings. The van der Waals surface area contributed by atoms with E-state index < -0.39 is 0 Å². The van der Waals surface area contributed by atoms with E-state index in [-0.39, 0.29) is 12.6 Å². The number of methoxy groups -OCH3 is 1. The zero-order chi connectivity index (χ0) is 14.1. The number of rotatable bonds is 8. The summed E-state index contributed by atoms with van der Waals surface area (Å²) in [5, 5.41) is 0. The van der Waals surface area contributed by atoms with Gasteiger partial charge in [-0.05, 0) is 36.1 Å². The van der Waals surface area contributed by atoms with Crippen molar-refractivity contribution in [3.05, 3.63) is 60.2 Å². The first-order valence-corrected chi connectivity index (χ1v) is 6.22. The van der Waals surface area contributed by atoms with Crippen LogP contribution in [0.15, 0.2) is 54.6 Å². The van der Waals surface area contributed by atoms with E-state index in [9.17, 15) is 4.79 Å². The van der Waals surface area contributed by atoms with Gasteiger partial charge >= 0.3 is 5.97 Å². The van der Waals surface area contributed by atoms with Crippen LogP contribution in [-0.4, -0.2) is 26.3 Å². The van der Waals surface area contributed by atoms with Crippen LogP contribution in [0.25, 0.3) is 0 Å². The molecule has 0 aliphatic carbocycles. The van der Waals surface area contributed by atoms with Gasteiger partial charge in [0.25, 0.3) is 0 Å². The number of carbonyl (C=O) groups is 1. The summed E-state index contributed by atoms with van der Waals surface area (Å²) in [5.41, 5.74) is 2.19. The Balaban J connectivity index is 2.34. The lowest BCUT2D eigenvalue weighted by atomic mass is 10.1. The van der Waals surface area contributed by atoms with Gasteiger partial charge in [-0.1, -0.05) is 31.4 Å². The summed E-state index contributed by atoms with van der Waals surface area (Å²) in [5.74, 6) is -0.341. The van der Waals surface area contributed by atoms with E-state index in [0.717, 1.165) is 24.0 Å². The molecule has 3 heteroatoms. The van der Waals surface area contributed by atoms with Crippen molar-refractivity contribution in [2.24, 2.45) is 0 Å². The van der Waals surface area contributed by atoms with Crippen molar-refractivity contribution < 1.29 is 14.3 Å². The van der Waals surface area contributed by atoms with Crippen LogP contribution >= 0.6 is 0 Å². The molecule has 1 rings (SSSR count). The van der Waals surface area contributed by atoms with E-state index in [4.69, 9.17) is 9.47 Å². The maximum absolute atomic E-state index is 11.7. The zero-order valence-corrected chi connectivity index (χ0v) is 11.4. The Bertz CT molecular complexity index is 435. The maximum Gasteiger partial charge on any atom is 0.338 e. The number of hydrogen-bond donors (Lipinski definition) is 0. The van der Waals surface area contributed by atoms with E-state index in [2.05, 4.69) is 13.2 Å². The van der Waals surface area contributed by atoms with Crippen molar-refractivity contribution in [3.8, 4) is 0 Å². The SMILES string of the molecule is C=C(CCCOC)C(=C)COC(=O)c1ccccc1. The molecule has 0 spiro atoms. The third kappa shape index (κ3) is 5.53. The fourth-order valence-electron chi connectivity index (χ4n) is 1.52. The van der Waals surface area contributed by atoms with Crippen LogP contribution < -0.4 is 0 Å². The lowest BCUT2D eigenvalue weighted by Gasteiger charge is -2.10. The molecule has 0 amide bonds. The smallest absolute Gasteiger partial charge is 0.338 e. The largest absolute Gasteiger partial charge is 0.457 e. The number of esters is 1. The minimum Gasteiger partial charge on any atom is -0.457 e. The highest BCUT2D eigenvalue weighted by Crippen LogP contribution is 2.13. The molecule has 0 unspecified atom stereocenters. The van der Waals surface area contributed by atoms with Crippen molar-refractivity contribution in [1.29, 1.82) is 0 Å². The molecule has 0 bridgehead atoms. The van der Waals surface area contributed by atoms with Crippen LogP contribution in [0, 0.1) is 0 Å². The molecule has 0 radical (unpaired) electrons. The Labute approximate surface area is 114 Å². The van der Waals surface area contributed by atoms with Gasteiger partial charge in [0, 0.05) is 13.7 Å². The van der Waals surface area contributed by atoms with Gasteiger partial charge in [-0.2, -0.15) is 0 Å². The molecule has 1 aromatic carbocycles. The van der Waals surface area contributed by atoms with Crippen LogP contribution in [-0.2, 0) is 9.47 Å². The molecule has 0 aliphatic heterocycles. The number of benzene rings is 1. The predicted octanol–water partition coefficient (Wildman–Crippen LogP) is 3.38. The van der Waals surface area contributed by atoms with Gasteiger partial charge in [0.15, 0.2) is 0 Å². The molecule has 102 valence electrons. The normalized spacial score (nSPS) is 9.95. The van der Waals surface area contributed by atoms with E-state index >= 15 is 0 Å². The summed E-state index contributed by atoms with van der Waals surface area (Å²) in [4.78, 5) is 11.7. The number of ether oxygens (including phenoxy) is 2. The van der Waals surface area contributed by atoms with Crippen LogP contribution in [0.4, 0.5) is 0 Å². The first-order chi connectivity index (χ1) is 9.15. The molecule has 0 heterocycles. The Morgan fingerprint density at radius 2 is 1.84 bits per heavy atom. The second-order valence-corrected chi connectivity index (χ2v) is 4.25. The van der Waals surface area contributed by atoms with Crippen molar-refractivity contribution >= 4 is 5.97 Å². The highest BCUT2D eigenvalue weighted by Gasteiger charge is 2.08. The second kappa shape index (κ2) is 8.27. The Morgan fingerprint density at radius 1 is 1.16 bits per heavy atom. The van der Waals surface area contributed by atoms with Gasteiger partial charge in [0.05, 0.1) is 5.56 Å². The predicted molar refractivity (Wildman–Crippen MR) is 76.1 cm³/mol. The molecule has 0 aliphatic rings. The molecule has 19 heavy (non-hydrogen) atoms. The van der Waals surface area contributed by atoms with Gasteiger partial charge in [-0.25, -0.2) is 4.79 Å². The summed E-state index contributed by atoms with van der Waals surface area (Å²) in [6.45, 7) is 8.68. The Morgan fingerprint density at radius 3 is 2.47 bits per heavy atom. The molecular formula is C16H20O3. The highest BCUT2D eigenvalue weighted by atomic mass is 16.5. The monoisotopic (exact) mass is 260 g/mol. The van der Waals surface area contributed by atoms with Crippen LogP contribution in [0.5, 0.6) is 0 Å². The quantitative estimate of drug-likeness (QED) is 0.408. The van der Waals surface area contributed by atoms with Crippen molar-refractivity contribution in [1.82, 2.24) is 0 Å². The molecule has 0 atom stereocenters. The van der Waals surface area contributed by atoms with E-state index in [1.807, 2.05) is 6.07 Å². The number of carbonyl (C=O) groups excluding carboxylic acids is 1. The Hall–Kier alpha value is -1.87. The summed E-state index contributed by atoms with van der Waals surface area (Å²) >= 11 is 0. The van der Waals surface area contributed by atoms with Crippen LogP contribution in [0.3, 0.4) is 0 Å². The fraction of sp³-hybridized carbons (Fsp3) is 0.312. The van der Waals surface area contributed by atoms with E-state index in [1.54, 1.807) is 31.4 Å². The van der Waals surface area contributed by atoms with Gasteiger partial charge in [0.1, 0.15) is 6.61 Å². The van der Waals surface area contributed by atoms with Gasteiger partial charge < -0.3 is 9.47 Å². The molecule has 0 N–H and O–H groups in total. The summed E-state index contributed by atoms with van der Waals surface area (Å²) in [6, 6.07) is 8.90. The zero-order valence-electron chi connectivity index (χ0n) is 11.4. The van der Waals surface area contributed by atoms with Crippen LogP contribution in [0.2, 0.25) is 0 Å². The maximum atomic E-state index is 11.7. The average molecular weight is 260 g/mol. The molecule has 3 nitrogen and oxygen atoms in total. The lowest BCUT2D eigenvalue weighted by molar-refractivity contribution is 0.0542. The second-order valence-electron chi connectivity index (χ2n) is 4.25. The van der Waals surface area contributed by atoms with Crippen LogP contribution in [0.1, 0.15) is 23.2 Å². The number of hydrogen-bond acceptors (Lipinski definition) is 3. The highest BCUT2D eigenvalue weighted by molar-refractivity contribution is 5.89. The fourth-order valence-corrected chi connectivity index (χ4v) is 1.52. The minimum absolute atomic E-state index is 0.180. The van der Waals surface area contributed by atoms with Crippen molar-refractivity contribution in [3.63, 3.8) is 0 Å². The molecule has 0 saturated carbocycles. The lowest BCUT2D eigenvalue weighted by Crippen LogP contribution is -2.08. The first-order valence-electron chi connectivity index (χ1n) is 6.22. The van der Waals surface area contributed by atoms with Gasteiger partial charge in [0.2, 0.25) is 0 Å². The van der Waals surface area contributed by atoms with Gasteiger partial charge in [-0.3, -0.25) is 0 Å². The van der Waals surface area contributed by atoms with E-state index in [0.29, 0.717) is 12.2 Å². The summed E-state index contributed by atoms with van der Waals surface area (Å²) in [7, 11) is 1.67. The van der Waals surface area contributed by atoms with Gasteiger partial charge in [-0.15, -0.1) is 0 Å². The Kier molecular flexibility index (Phi) is 6.61. The molecule has 1 aromatic rings. The standard InChI is InChI=1S/C16H20O3/c1-13(8-7-11-18-3)14(2)12-19-16(17)15-9-5-4-6-10-15/h4-6,9-10H,1-2,7-8,11-12H2,3H3. The summed E-state index contributed by atoms with van der Waals surface area (Å²) < 4.78 is 10.2. The molecule has 0 aromatic heterocycles.